The van der Waals surface area contributed by atoms with E-state index < -0.39 is 5.97 Å². The third-order valence-electron chi connectivity index (χ3n) is 4.42. The van der Waals surface area contributed by atoms with Crippen molar-refractivity contribution in [2.45, 2.75) is 63.8 Å². The van der Waals surface area contributed by atoms with E-state index in [9.17, 15) is 5.11 Å². The molecule has 0 aromatic heterocycles. The van der Waals surface area contributed by atoms with Crippen LogP contribution in [0.1, 0.15) is 63.4 Å². The SMILES string of the molecule is CCCCCCCCC(c1ccc(O)cc1)C(OC)(OC)OC. The van der Waals surface area contributed by atoms with Gasteiger partial charge in [-0.1, -0.05) is 57.6 Å². The van der Waals surface area contributed by atoms with Crippen LogP contribution in [0.4, 0.5) is 0 Å². The van der Waals surface area contributed by atoms with E-state index in [1.165, 1.54) is 32.1 Å². The Morgan fingerprint density at radius 1 is 0.870 bits per heavy atom. The molecule has 1 unspecified atom stereocenters. The van der Waals surface area contributed by atoms with E-state index in [1.54, 1.807) is 33.5 Å². The predicted molar refractivity (Wildman–Crippen MR) is 92.6 cm³/mol. The summed E-state index contributed by atoms with van der Waals surface area (Å²) in [5.41, 5.74) is 1.04. The fraction of sp³-hybridized carbons (Fsp3) is 0.684. The fourth-order valence-corrected chi connectivity index (χ4v) is 3.06. The number of aromatic hydroxyl groups is 1. The van der Waals surface area contributed by atoms with Gasteiger partial charge in [0.25, 0.3) is 5.97 Å². The summed E-state index contributed by atoms with van der Waals surface area (Å²) in [5, 5.41) is 9.52. The zero-order chi connectivity index (χ0) is 17.1. The first kappa shape index (κ1) is 19.9. The van der Waals surface area contributed by atoms with Gasteiger partial charge in [0.2, 0.25) is 0 Å². The van der Waals surface area contributed by atoms with Gasteiger partial charge in [-0.2, -0.15) is 0 Å². The van der Waals surface area contributed by atoms with Crippen molar-refractivity contribution in [3.63, 3.8) is 0 Å². The van der Waals surface area contributed by atoms with Crippen molar-refractivity contribution < 1.29 is 19.3 Å². The minimum atomic E-state index is -1.10. The summed E-state index contributed by atoms with van der Waals surface area (Å²) >= 11 is 0. The molecular weight excluding hydrogens is 292 g/mol. The molecule has 132 valence electrons. The van der Waals surface area contributed by atoms with Crippen LogP contribution < -0.4 is 0 Å². The molecule has 0 heterocycles. The second kappa shape index (κ2) is 10.6. The molecular formula is C19H32O4. The summed E-state index contributed by atoms with van der Waals surface area (Å²) in [6.07, 6.45) is 8.32. The highest BCUT2D eigenvalue weighted by molar-refractivity contribution is 5.29. The van der Waals surface area contributed by atoms with E-state index in [2.05, 4.69) is 6.92 Å². The number of rotatable bonds is 12. The number of hydrogen-bond acceptors (Lipinski definition) is 4. The van der Waals surface area contributed by atoms with Crippen LogP contribution in [0.3, 0.4) is 0 Å². The van der Waals surface area contributed by atoms with Crippen molar-refractivity contribution in [3.05, 3.63) is 29.8 Å². The highest BCUT2D eigenvalue weighted by Crippen LogP contribution is 2.37. The molecule has 1 rings (SSSR count). The van der Waals surface area contributed by atoms with Gasteiger partial charge in [0.15, 0.2) is 0 Å². The van der Waals surface area contributed by atoms with Gasteiger partial charge in [0, 0.05) is 21.3 Å². The van der Waals surface area contributed by atoms with Crippen LogP contribution in [-0.4, -0.2) is 32.4 Å². The second-order valence-corrected chi connectivity index (χ2v) is 5.92. The molecule has 0 amide bonds. The molecule has 0 spiro atoms. The van der Waals surface area contributed by atoms with Crippen molar-refractivity contribution in [2.75, 3.05) is 21.3 Å². The number of phenols is 1. The van der Waals surface area contributed by atoms with Crippen LogP contribution in [0.15, 0.2) is 24.3 Å². The van der Waals surface area contributed by atoms with Gasteiger partial charge < -0.3 is 19.3 Å². The van der Waals surface area contributed by atoms with Crippen molar-refractivity contribution in [3.8, 4) is 5.75 Å². The minimum absolute atomic E-state index is 0.0470. The van der Waals surface area contributed by atoms with Crippen LogP contribution in [0.25, 0.3) is 0 Å². The highest BCUT2D eigenvalue weighted by Gasteiger charge is 2.40. The molecule has 0 aliphatic rings. The Labute approximate surface area is 140 Å². The zero-order valence-corrected chi connectivity index (χ0v) is 15.0. The van der Waals surface area contributed by atoms with Gasteiger partial charge in [-0.15, -0.1) is 0 Å². The normalized spacial score (nSPS) is 13.2. The fourth-order valence-electron chi connectivity index (χ4n) is 3.06. The molecule has 0 radical (unpaired) electrons. The summed E-state index contributed by atoms with van der Waals surface area (Å²) < 4.78 is 16.7. The number of unbranched alkanes of at least 4 members (excludes halogenated alkanes) is 5. The van der Waals surface area contributed by atoms with Crippen molar-refractivity contribution >= 4 is 0 Å². The smallest absolute Gasteiger partial charge is 0.289 e. The molecule has 23 heavy (non-hydrogen) atoms. The predicted octanol–water partition coefficient (Wildman–Crippen LogP) is 4.82. The zero-order valence-electron chi connectivity index (χ0n) is 15.0. The average molecular weight is 324 g/mol. The summed E-state index contributed by atoms with van der Waals surface area (Å²) in [6.45, 7) is 2.23. The number of ether oxygens (including phenoxy) is 3. The largest absolute Gasteiger partial charge is 0.508 e. The molecule has 1 atom stereocenters. The van der Waals surface area contributed by atoms with Crippen molar-refractivity contribution in [1.82, 2.24) is 0 Å². The number of hydrogen-bond donors (Lipinski definition) is 1. The van der Waals surface area contributed by atoms with E-state index in [4.69, 9.17) is 14.2 Å². The highest BCUT2D eigenvalue weighted by atomic mass is 16.9. The Hall–Kier alpha value is -1.10. The van der Waals surface area contributed by atoms with E-state index in [1.807, 2.05) is 12.1 Å². The molecule has 0 fully saturated rings. The van der Waals surface area contributed by atoms with Gasteiger partial charge in [0.05, 0.1) is 5.92 Å². The van der Waals surface area contributed by atoms with Crippen LogP contribution in [0, 0.1) is 0 Å². The second-order valence-electron chi connectivity index (χ2n) is 5.92. The number of benzene rings is 1. The van der Waals surface area contributed by atoms with E-state index in [0.717, 1.165) is 18.4 Å². The monoisotopic (exact) mass is 324 g/mol. The molecule has 1 aromatic carbocycles. The lowest BCUT2D eigenvalue weighted by Crippen LogP contribution is -2.42. The molecule has 0 aliphatic heterocycles. The molecule has 0 bridgehead atoms. The first-order valence-corrected chi connectivity index (χ1v) is 8.57. The van der Waals surface area contributed by atoms with Gasteiger partial charge >= 0.3 is 0 Å². The molecule has 4 nitrogen and oxygen atoms in total. The van der Waals surface area contributed by atoms with E-state index >= 15 is 0 Å². The maximum atomic E-state index is 9.52. The summed E-state index contributed by atoms with van der Waals surface area (Å²) in [6, 6.07) is 7.19. The first-order valence-electron chi connectivity index (χ1n) is 8.57. The van der Waals surface area contributed by atoms with Gasteiger partial charge in [-0.05, 0) is 24.1 Å². The lowest BCUT2D eigenvalue weighted by molar-refractivity contribution is -0.365. The molecule has 4 heteroatoms. The number of phenolic OH excluding ortho intramolecular Hbond substituents is 1. The van der Waals surface area contributed by atoms with Crippen LogP contribution in [0.5, 0.6) is 5.75 Å². The van der Waals surface area contributed by atoms with E-state index in [-0.39, 0.29) is 11.7 Å². The van der Waals surface area contributed by atoms with Crippen LogP contribution >= 0.6 is 0 Å². The Kier molecular flexibility index (Phi) is 9.22. The quantitative estimate of drug-likeness (QED) is 0.442. The molecule has 0 aliphatic carbocycles. The topological polar surface area (TPSA) is 47.9 Å². The molecule has 1 N–H and O–H groups in total. The maximum Gasteiger partial charge on any atom is 0.289 e. The molecule has 0 saturated heterocycles. The Bertz CT molecular complexity index is 404. The molecule has 0 saturated carbocycles. The first-order chi connectivity index (χ1) is 11.1. The number of methoxy groups -OCH3 is 3. The maximum absolute atomic E-state index is 9.52. The Morgan fingerprint density at radius 3 is 1.91 bits per heavy atom. The lowest BCUT2D eigenvalue weighted by atomic mass is 9.90. The Morgan fingerprint density at radius 2 is 1.39 bits per heavy atom. The lowest BCUT2D eigenvalue weighted by Gasteiger charge is -2.36. The van der Waals surface area contributed by atoms with Crippen molar-refractivity contribution in [2.24, 2.45) is 0 Å². The van der Waals surface area contributed by atoms with E-state index in [0.29, 0.717) is 0 Å². The van der Waals surface area contributed by atoms with Gasteiger partial charge in [0.1, 0.15) is 5.75 Å². The molecule has 1 aromatic rings. The summed E-state index contributed by atoms with van der Waals surface area (Å²) in [4.78, 5) is 0. The van der Waals surface area contributed by atoms with Crippen LogP contribution in [-0.2, 0) is 14.2 Å². The van der Waals surface area contributed by atoms with Crippen molar-refractivity contribution in [1.29, 1.82) is 0 Å². The third kappa shape index (κ3) is 5.79. The summed E-state index contributed by atoms with van der Waals surface area (Å²) in [7, 11) is 4.80. The third-order valence-corrected chi connectivity index (χ3v) is 4.42. The summed E-state index contributed by atoms with van der Waals surface area (Å²) in [5.74, 6) is -0.889. The average Bonchev–Trinajstić information content (AvgIpc) is 2.59. The van der Waals surface area contributed by atoms with Gasteiger partial charge in [-0.3, -0.25) is 0 Å². The standard InChI is InChI=1S/C19H32O4/c1-5-6-7-8-9-10-11-18(19(21-2,22-3)23-4)16-12-14-17(20)15-13-16/h12-15,18,20H,5-11H2,1-4H3. The van der Waals surface area contributed by atoms with Crippen LogP contribution in [0.2, 0.25) is 0 Å². The van der Waals surface area contributed by atoms with Gasteiger partial charge in [-0.25, -0.2) is 0 Å². The Balaban J connectivity index is 2.78. The minimum Gasteiger partial charge on any atom is -0.508 e.